The molecule has 152 valence electrons. The zero-order valence-corrected chi connectivity index (χ0v) is 14.8. The number of carbonyl (C=O) groups is 2. The van der Waals surface area contributed by atoms with Gasteiger partial charge in [0.2, 0.25) is 5.91 Å². The molecule has 4 atom stereocenters. The van der Waals surface area contributed by atoms with Crippen LogP contribution < -0.4 is 10.6 Å². The van der Waals surface area contributed by atoms with Crippen molar-refractivity contribution in [2.75, 3.05) is 25.1 Å². The van der Waals surface area contributed by atoms with Gasteiger partial charge in [0.25, 0.3) is 0 Å². The van der Waals surface area contributed by atoms with Gasteiger partial charge in [-0.2, -0.15) is 0 Å². The van der Waals surface area contributed by atoms with E-state index in [1.807, 2.05) is 5.32 Å². The van der Waals surface area contributed by atoms with Crippen molar-refractivity contribution in [1.29, 1.82) is 0 Å². The summed E-state index contributed by atoms with van der Waals surface area (Å²) in [5.74, 6) is -0.169. The van der Waals surface area contributed by atoms with Gasteiger partial charge in [0.05, 0.1) is 19.5 Å². The average Bonchev–Trinajstić information content (AvgIpc) is 3.20. The second kappa shape index (κ2) is 8.43. The number of imidazole rings is 1. The van der Waals surface area contributed by atoms with E-state index >= 15 is 0 Å². The van der Waals surface area contributed by atoms with Crippen LogP contribution in [0.15, 0.2) is 12.7 Å². The van der Waals surface area contributed by atoms with Crippen LogP contribution in [0.2, 0.25) is 0 Å². The van der Waals surface area contributed by atoms with Crippen LogP contribution in [0.1, 0.15) is 13.2 Å². The summed E-state index contributed by atoms with van der Waals surface area (Å²) in [7, 11) is 0. The van der Waals surface area contributed by atoms with Crippen molar-refractivity contribution in [3.05, 3.63) is 12.7 Å². The van der Waals surface area contributed by atoms with Crippen molar-refractivity contribution in [1.82, 2.24) is 24.8 Å². The number of aliphatic hydroxyl groups is 3. The highest BCUT2D eigenvalue weighted by atomic mass is 16.6. The lowest BCUT2D eigenvalue weighted by Gasteiger charge is -2.16. The molecule has 0 saturated carbocycles. The second-order valence-electron chi connectivity index (χ2n) is 6.02. The molecule has 2 aromatic rings. The first-order valence-corrected chi connectivity index (χ1v) is 8.40. The van der Waals surface area contributed by atoms with Gasteiger partial charge in [-0.05, 0) is 0 Å². The minimum absolute atomic E-state index is 0.0276. The fourth-order valence-corrected chi connectivity index (χ4v) is 2.77. The standard InChI is InChI=1S/C15H20N6O7/c1-7(23)20-15(26)27-3-2-16-12-9-13(18-5-17-12)21(6-19-9)14-11(25)10(24)8(4-22)28-14/h5-6,8,10-11,14,22,24-25H,2-4H2,1H3,(H,16,17,18)(H,20,23,26)/t8-,10-,11-,14-/m1/s1. The lowest BCUT2D eigenvalue weighted by Crippen LogP contribution is -2.33. The number of anilines is 1. The van der Waals surface area contributed by atoms with Gasteiger partial charge in [-0.15, -0.1) is 0 Å². The molecule has 1 fully saturated rings. The number of nitrogens with one attached hydrogen (secondary N) is 2. The first kappa shape index (κ1) is 19.9. The maximum atomic E-state index is 11.2. The number of amides is 2. The molecular formula is C15H20N6O7. The number of rotatable bonds is 6. The van der Waals surface area contributed by atoms with Crippen molar-refractivity contribution < 1.29 is 34.4 Å². The van der Waals surface area contributed by atoms with Crippen LogP contribution in [0.5, 0.6) is 0 Å². The van der Waals surface area contributed by atoms with Crippen LogP contribution in [0.4, 0.5) is 10.6 Å². The smallest absolute Gasteiger partial charge is 0.413 e. The quantitative estimate of drug-likeness (QED) is 0.345. The third kappa shape index (κ3) is 4.01. The molecule has 0 unspecified atom stereocenters. The third-order valence-corrected chi connectivity index (χ3v) is 4.06. The highest BCUT2D eigenvalue weighted by molar-refractivity contribution is 5.90. The maximum Gasteiger partial charge on any atom is 0.413 e. The summed E-state index contributed by atoms with van der Waals surface area (Å²) in [4.78, 5) is 34.4. The average molecular weight is 396 g/mol. The minimum atomic E-state index is -1.27. The third-order valence-electron chi connectivity index (χ3n) is 4.06. The molecule has 28 heavy (non-hydrogen) atoms. The van der Waals surface area contributed by atoms with E-state index in [4.69, 9.17) is 9.47 Å². The zero-order chi connectivity index (χ0) is 20.3. The predicted molar refractivity (Wildman–Crippen MR) is 92.0 cm³/mol. The number of aromatic nitrogens is 4. The van der Waals surface area contributed by atoms with E-state index in [0.717, 1.165) is 0 Å². The topological polar surface area (TPSA) is 181 Å². The van der Waals surface area contributed by atoms with Crippen molar-refractivity contribution in [2.24, 2.45) is 0 Å². The SMILES string of the molecule is CC(=O)NC(=O)OCCNc1ncnc2c1ncn2[C@@H]1O[C@H](CO)[C@@H](O)[C@H]1O. The van der Waals surface area contributed by atoms with Crippen molar-refractivity contribution in [3.8, 4) is 0 Å². The van der Waals surface area contributed by atoms with E-state index in [9.17, 15) is 24.9 Å². The van der Waals surface area contributed by atoms with Crippen molar-refractivity contribution in [2.45, 2.75) is 31.5 Å². The largest absolute Gasteiger partial charge is 0.447 e. The molecule has 5 N–H and O–H groups in total. The summed E-state index contributed by atoms with van der Waals surface area (Å²) >= 11 is 0. The summed E-state index contributed by atoms with van der Waals surface area (Å²) < 4.78 is 11.7. The van der Waals surface area contributed by atoms with Gasteiger partial charge < -0.3 is 30.1 Å². The number of fused-ring (bicyclic) bond motifs is 1. The molecule has 13 nitrogen and oxygen atoms in total. The Hall–Kier alpha value is -2.87. The monoisotopic (exact) mass is 396 g/mol. The molecule has 0 radical (unpaired) electrons. The van der Waals surface area contributed by atoms with Crippen molar-refractivity contribution >= 4 is 29.0 Å². The Balaban J connectivity index is 1.68. The summed E-state index contributed by atoms with van der Waals surface area (Å²) in [5, 5.41) is 34.2. The summed E-state index contributed by atoms with van der Waals surface area (Å²) in [6, 6.07) is 0. The van der Waals surface area contributed by atoms with Gasteiger partial charge in [0.15, 0.2) is 23.2 Å². The van der Waals surface area contributed by atoms with Crippen LogP contribution in [0.25, 0.3) is 11.2 Å². The molecule has 0 bridgehead atoms. The van der Waals surface area contributed by atoms with E-state index in [1.165, 1.54) is 24.1 Å². The lowest BCUT2D eigenvalue weighted by molar-refractivity contribution is -0.118. The molecule has 0 aromatic carbocycles. The highest BCUT2D eigenvalue weighted by Gasteiger charge is 2.44. The molecule has 3 heterocycles. The van der Waals surface area contributed by atoms with Crippen LogP contribution in [0.3, 0.4) is 0 Å². The number of nitrogens with zero attached hydrogens (tertiary/aromatic N) is 4. The molecule has 1 aliphatic rings. The van der Waals surface area contributed by atoms with Gasteiger partial charge in [-0.3, -0.25) is 14.7 Å². The van der Waals surface area contributed by atoms with Gasteiger partial charge in [0, 0.05) is 6.92 Å². The lowest BCUT2D eigenvalue weighted by atomic mass is 10.1. The number of aliphatic hydroxyl groups excluding tert-OH is 3. The van der Waals surface area contributed by atoms with Crippen LogP contribution >= 0.6 is 0 Å². The number of hydrogen-bond acceptors (Lipinski definition) is 11. The highest BCUT2D eigenvalue weighted by Crippen LogP contribution is 2.31. The molecular weight excluding hydrogens is 376 g/mol. The number of alkyl carbamates (subject to hydrolysis) is 1. The first-order chi connectivity index (χ1) is 13.4. The maximum absolute atomic E-state index is 11.2. The Morgan fingerprint density at radius 3 is 2.75 bits per heavy atom. The Morgan fingerprint density at radius 1 is 1.29 bits per heavy atom. The van der Waals surface area contributed by atoms with Gasteiger partial charge >= 0.3 is 6.09 Å². The Bertz CT molecular complexity index is 859. The second-order valence-corrected chi connectivity index (χ2v) is 6.02. The molecule has 2 amide bonds. The fraction of sp³-hybridized carbons (Fsp3) is 0.533. The number of hydrogen-bond donors (Lipinski definition) is 5. The number of ether oxygens (including phenoxy) is 2. The Kier molecular flexibility index (Phi) is 5.99. The minimum Gasteiger partial charge on any atom is -0.447 e. The molecule has 1 aliphatic heterocycles. The Morgan fingerprint density at radius 2 is 2.07 bits per heavy atom. The molecule has 0 aliphatic carbocycles. The van der Waals surface area contributed by atoms with E-state index in [0.29, 0.717) is 17.0 Å². The number of carbonyl (C=O) groups excluding carboxylic acids is 2. The summed E-state index contributed by atoms with van der Waals surface area (Å²) in [6.45, 7) is 0.916. The van der Waals surface area contributed by atoms with Gasteiger partial charge in [-0.25, -0.2) is 19.7 Å². The zero-order valence-electron chi connectivity index (χ0n) is 14.8. The molecule has 0 spiro atoms. The van der Waals surface area contributed by atoms with Crippen LogP contribution in [-0.4, -0.2) is 84.9 Å². The summed E-state index contributed by atoms with van der Waals surface area (Å²) in [5.41, 5.74) is 0.705. The molecule has 1 saturated heterocycles. The summed E-state index contributed by atoms with van der Waals surface area (Å²) in [6.07, 6.45) is -2.61. The van der Waals surface area contributed by atoms with E-state index in [2.05, 4.69) is 20.3 Å². The van der Waals surface area contributed by atoms with Crippen LogP contribution in [-0.2, 0) is 14.3 Å². The Labute approximate surface area is 158 Å². The van der Waals surface area contributed by atoms with E-state index < -0.39 is 43.1 Å². The number of imide groups is 1. The predicted octanol–water partition coefficient (Wildman–Crippen LogP) is -1.88. The van der Waals surface area contributed by atoms with Crippen LogP contribution in [0, 0.1) is 0 Å². The van der Waals surface area contributed by atoms with Crippen molar-refractivity contribution in [3.63, 3.8) is 0 Å². The van der Waals surface area contributed by atoms with Gasteiger partial charge in [0.1, 0.15) is 31.2 Å². The fourth-order valence-electron chi connectivity index (χ4n) is 2.77. The van der Waals surface area contributed by atoms with E-state index in [1.54, 1.807) is 0 Å². The van der Waals surface area contributed by atoms with E-state index in [-0.39, 0.29) is 13.2 Å². The molecule has 2 aromatic heterocycles. The molecule has 3 rings (SSSR count). The molecule has 13 heteroatoms. The normalized spacial score (nSPS) is 24.3. The van der Waals surface area contributed by atoms with Gasteiger partial charge in [-0.1, -0.05) is 0 Å². The first-order valence-electron chi connectivity index (χ1n) is 8.40.